The third kappa shape index (κ3) is 8.21. The molecule has 0 aliphatic rings. The zero-order valence-corrected chi connectivity index (χ0v) is 15.8. The zero-order valence-electron chi connectivity index (χ0n) is 11.1. The maximum atomic E-state index is 11.8. The van der Waals surface area contributed by atoms with Crippen molar-refractivity contribution in [2.45, 2.75) is 34.9 Å². The first-order valence-corrected chi connectivity index (χ1v) is 8.30. The Labute approximate surface area is 142 Å². The summed E-state index contributed by atoms with van der Waals surface area (Å²) in [4.78, 5) is 34.8. The third-order valence-electron chi connectivity index (χ3n) is 2.08. The predicted molar refractivity (Wildman–Crippen MR) is 83.9 cm³/mol. The molecule has 0 saturated carbocycles. The van der Waals surface area contributed by atoms with Gasteiger partial charge in [0.15, 0.2) is 0 Å². The number of nitrogens with one attached hydrogen (secondary N) is 1. The smallest absolute Gasteiger partial charge is 0.328 e. The van der Waals surface area contributed by atoms with Crippen molar-refractivity contribution in [1.29, 1.82) is 0 Å². The lowest BCUT2D eigenvalue weighted by Crippen LogP contribution is -2.46. The van der Waals surface area contributed by atoms with Gasteiger partial charge in [0.2, 0.25) is 2.14 Å². The van der Waals surface area contributed by atoms with E-state index in [9.17, 15) is 14.4 Å². The Kier molecular flexibility index (Phi) is 9.65. The minimum Gasteiger partial charge on any atom is -0.466 e. The lowest BCUT2D eigenvalue weighted by atomic mass is 10.1. The maximum Gasteiger partial charge on any atom is 0.328 e. The van der Waals surface area contributed by atoms with E-state index in [0.717, 1.165) is 0 Å². The van der Waals surface area contributed by atoms with Crippen LogP contribution in [0.2, 0.25) is 0 Å². The molecule has 0 bridgehead atoms. The van der Waals surface area contributed by atoms with Gasteiger partial charge >= 0.3 is 11.9 Å². The standard InChI is InChI=1S/C11H16Br3NO5/c1-3-19-8(16)6-5-7(9(17)20-4-2)15-10(18)11(12,13)14/h7H,3-6H2,1-2H3,(H,15,18). The fraction of sp³-hybridized carbons (Fsp3) is 0.727. The first kappa shape index (κ1) is 19.9. The summed E-state index contributed by atoms with van der Waals surface area (Å²) in [5.74, 6) is -1.54. The summed E-state index contributed by atoms with van der Waals surface area (Å²) >= 11 is 9.13. The second kappa shape index (κ2) is 9.73. The number of carbonyl (C=O) groups is 3. The van der Waals surface area contributed by atoms with Crippen molar-refractivity contribution in [3.05, 3.63) is 0 Å². The molecule has 0 rings (SSSR count). The first-order valence-electron chi connectivity index (χ1n) is 5.92. The highest BCUT2D eigenvalue weighted by Crippen LogP contribution is 2.33. The number of carbonyl (C=O) groups excluding carboxylic acids is 3. The summed E-state index contributed by atoms with van der Waals surface area (Å²) in [7, 11) is 0. The molecule has 0 spiro atoms. The molecule has 0 fully saturated rings. The molecule has 0 radical (unpaired) electrons. The summed E-state index contributed by atoms with van der Waals surface area (Å²) in [6.07, 6.45) is 0.115. The molecule has 116 valence electrons. The SMILES string of the molecule is CCOC(=O)CCC(NC(=O)C(Br)(Br)Br)C(=O)OCC. The molecule has 0 saturated heterocycles. The van der Waals surface area contributed by atoms with Crippen LogP contribution < -0.4 is 5.32 Å². The molecule has 20 heavy (non-hydrogen) atoms. The van der Waals surface area contributed by atoms with Crippen LogP contribution in [0.1, 0.15) is 26.7 Å². The number of hydrogen-bond acceptors (Lipinski definition) is 5. The molecule has 1 N–H and O–H groups in total. The van der Waals surface area contributed by atoms with Crippen molar-refractivity contribution in [2.24, 2.45) is 0 Å². The lowest BCUT2D eigenvalue weighted by Gasteiger charge is -2.20. The molecule has 0 aliphatic carbocycles. The number of alkyl halides is 3. The number of esters is 2. The highest BCUT2D eigenvalue weighted by atomic mass is 80.0. The fourth-order valence-electron chi connectivity index (χ4n) is 1.23. The van der Waals surface area contributed by atoms with E-state index in [0.29, 0.717) is 0 Å². The van der Waals surface area contributed by atoms with Crippen LogP contribution in [0.4, 0.5) is 0 Å². The van der Waals surface area contributed by atoms with Gasteiger partial charge in [-0.05, 0) is 68.1 Å². The minimum atomic E-state index is -1.18. The van der Waals surface area contributed by atoms with Crippen LogP contribution in [-0.4, -0.2) is 39.2 Å². The van der Waals surface area contributed by atoms with Gasteiger partial charge in [0.1, 0.15) is 6.04 Å². The fourth-order valence-corrected chi connectivity index (χ4v) is 1.57. The Morgan fingerprint density at radius 1 is 1.10 bits per heavy atom. The van der Waals surface area contributed by atoms with Gasteiger partial charge in [-0.3, -0.25) is 9.59 Å². The van der Waals surface area contributed by atoms with Crippen molar-refractivity contribution in [3.8, 4) is 0 Å². The van der Waals surface area contributed by atoms with E-state index in [1.807, 2.05) is 0 Å². The van der Waals surface area contributed by atoms with Gasteiger partial charge in [0.05, 0.1) is 13.2 Å². The summed E-state index contributed by atoms with van der Waals surface area (Å²) in [6.45, 7) is 3.80. The lowest BCUT2D eigenvalue weighted by molar-refractivity contribution is -0.148. The van der Waals surface area contributed by atoms with Crippen LogP contribution >= 0.6 is 47.8 Å². The van der Waals surface area contributed by atoms with E-state index in [2.05, 4.69) is 53.1 Å². The van der Waals surface area contributed by atoms with Crippen LogP contribution in [0, 0.1) is 0 Å². The molecule has 1 atom stereocenters. The Bertz CT molecular complexity index is 356. The normalized spacial score (nSPS) is 12.4. The molecule has 0 aromatic rings. The van der Waals surface area contributed by atoms with Gasteiger partial charge in [0, 0.05) is 6.42 Å². The molecule has 1 unspecified atom stereocenters. The molecule has 0 aromatic heterocycles. The molecule has 0 aromatic carbocycles. The van der Waals surface area contributed by atoms with Crippen molar-refractivity contribution >= 4 is 65.6 Å². The zero-order chi connectivity index (χ0) is 15.8. The molecule has 0 heterocycles. The minimum absolute atomic E-state index is 0.0114. The van der Waals surface area contributed by atoms with Crippen LogP contribution in [0.3, 0.4) is 0 Å². The van der Waals surface area contributed by atoms with Crippen LogP contribution in [0.5, 0.6) is 0 Å². The average Bonchev–Trinajstić information content (AvgIpc) is 2.33. The highest BCUT2D eigenvalue weighted by molar-refractivity contribution is 9.40. The summed E-state index contributed by atoms with van der Waals surface area (Å²) in [5.41, 5.74) is 0. The van der Waals surface area contributed by atoms with Crippen LogP contribution in [0.25, 0.3) is 0 Å². The molecule has 1 amide bonds. The van der Waals surface area contributed by atoms with E-state index in [4.69, 9.17) is 9.47 Å². The van der Waals surface area contributed by atoms with Gasteiger partial charge in [-0.2, -0.15) is 0 Å². The molecular formula is C11H16Br3NO5. The number of halogens is 3. The van der Waals surface area contributed by atoms with Gasteiger partial charge < -0.3 is 14.8 Å². The number of hydrogen-bond donors (Lipinski definition) is 1. The van der Waals surface area contributed by atoms with Gasteiger partial charge in [-0.25, -0.2) is 4.79 Å². The van der Waals surface area contributed by atoms with E-state index in [-0.39, 0.29) is 26.1 Å². The van der Waals surface area contributed by atoms with Crippen molar-refractivity contribution in [2.75, 3.05) is 13.2 Å². The molecule has 9 heteroatoms. The van der Waals surface area contributed by atoms with Crippen LogP contribution in [-0.2, 0) is 23.9 Å². The highest BCUT2D eigenvalue weighted by Gasteiger charge is 2.33. The summed E-state index contributed by atoms with van der Waals surface area (Å²) in [6, 6.07) is -0.918. The maximum absolute atomic E-state index is 11.8. The summed E-state index contributed by atoms with van der Waals surface area (Å²) in [5, 5.41) is 2.48. The number of amides is 1. The average molecular weight is 482 g/mol. The second-order valence-corrected chi connectivity index (χ2v) is 10.4. The first-order chi connectivity index (χ1) is 9.22. The second-order valence-electron chi connectivity index (χ2n) is 3.62. The quantitative estimate of drug-likeness (QED) is 0.445. The topological polar surface area (TPSA) is 81.7 Å². The Hall–Kier alpha value is -0.150. The Morgan fingerprint density at radius 2 is 1.65 bits per heavy atom. The Morgan fingerprint density at radius 3 is 2.10 bits per heavy atom. The van der Waals surface area contributed by atoms with Gasteiger partial charge in [-0.1, -0.05) is 0 Å². The third-order valence-corrected chi connectivity index (χ3v) is 3.16. The summed E-state index contributed by atoms with van der Waals surface area (Å²) < 4.78 is 8.45. The van der Waals surface area contributed by atoms with Crippen LogP contribution in [0.15, 0.2) is 0 Å². The van der Waals surface area contributed by atoms with Crippen molar-refractivity contribution in [1.82, 2.24) is 5.32 Å². The van der Waals surface area contributed by atoms with Crippen molar-refractivity contribution in [3.63, 3.8) is 0 Å². The molecule has 0 aliphatic heterocycles. The monoisotopic (exact) mass is 479 g/mol. The van der Waals surface area contributed by atoms with Gasteiger partial charge in [0.25, 0.3) is 5.91 Å². The van der Waals surface area contributed by atoms with E-state index in [1.54, 1.807) is 13.8 Å². The number of rotatable bonds is 7. The molecular weight excluding hydrogens is 466 g/mol. The number of ether oxygens (including phenoxy) is 2. The largest absolute Gasteiger partial charge is 0.466 e. The van der Waals surface area contributed by atoms with E-state index < -0.39 is 26.0 Å². The van der Waals surface area contributed by atoms with E-state index in [1.165, 1.54) is 0 Å². The van der Waals surface area contributed by atoms with Crippen molar-refractivity contribution < 1.29 is 23.9 Å². The Balaban J connectivity index is 4.61. The van der Waals surface area contributed by atoms with E-state index >= 15 is 0 Å². The van der Waals surface area contributed by atoms with Gasteiger partial charge in [-0.15, -0.1) is 0 Å². The molecule has 6 nitrogen and oxygen atoms in total. The predicted octanol–water partition coefficient (Wildman–Crippen LogP) is 2.22.